The number of sulfonamides is 1. The Hall–Kier alpha value is -1.90. The number of carbonyl (C=O) groups excluding carboxylic acids is 1. The van der Waals surface area contributed by atoms with E-state index in [-0.39, 0.29) is 17.3 Å². The van der Waals surface area contributed by atoms with E-state index in [1.807, 2.05) is 0 Å². The second-order valence-electron chi connectivity index (χ2n) is 5.96. The summed E-state index contributed by atoms with van der Waals surface area (Å²) in [5.74, 6) is -0.257. The molecule has 1 N–H and O–H groups in total. The Balaban J connectivity index is 1.99. The molecule has 1 aliphatic rings. The van der Waals surface area contributed by atoms with Gasteiger partial charge in [0.05, 0.1) is 4.90 Å². The number of halogens is 1. The van der Waals surface area contributed by atoms with Crippen LogP contribution in [0.2, 0.25) is 5.02 Å². The van der Waals surface area contributed by atoms with Crippen molar-refractivity contribution >= 4 is 27.5 Å². The summed E-state index contributed by atoms with van der Waals surface area (Å²) in [6.45, 7) is 0.379. The average Bonchev–Trinajstić information content (AvgIpc) is 3.16. The molecule has 9 heteroatoms. The van der Waals surface area contributed by atoms with Crippen molar-refractivity contribution in [3.05, 3.63) is 47.7 Å². The van der Waals surface area contributed by atoms with Gasteiger partial charge in [0.25, 0.3) is 0 Å². The van der Waals surface area contributed by atoms with Crippen LogP contribution in [0, 0.1) is 0 Å². The van der Waals surface area contributed by atoms with Crippen LogP contribution in [0.15, 0.2) is 47.6 Å². The highest BCUT2D eigenvalue weighted by atomic mass is 35.5. The van der Waals surface area contributed by atoms with Crippen molar-refractivity contribution < 1.29 is 13.2 Å². The van der Waals surface area contributed by atoms with Crippen LogP contribution in [-0.4, -0.2) is 48.5 Å². The van der Waals surface area contributed by atoms with Gasteiger partial charge in [0, 0.05) is 37.6 Å². The van der Waals surface area contributed by atoms with Gasteiger partial charge in [-0.05, 0) is 43.2 Å². The maximum atomic E-state index is 13.0. The van der Waals surface area contributed by atoms with Gasteiger partial charge in [-0.25, -0.2) is 8.42 Å². The lowest BCUT2D eigenvalue weighted by atomic mass is 9.89. The number of amides is 1. The second-order valence-corrected chi connectivity index (χ2v) is 8.33. The van der Waals surface area contributed by atoms with E-state index in [1.165, 1.54) is 28.6 Å². The van der Waals surface area contributed by atoms with Crippen molar-refractivity contribution in [3.8, 4) is 0 Å². The van der Waals surface area contributed by atoms with Gasteiger partial charge >= 0.3 is 0 Å². The number of nitrogens with one attached hydrogen (secondary N) is 1. The van der Waals surface area contributed by atoms with Crippen LogP contribution in [0.3, 0.4) is 0 Å². The summed E-state index contributed by atoms with van der Waals surface area (Å²) in [6.07, 6.45) is 4.34. The van der Waals surface area contributed by atoms with Gasteiger partial charge in [0.2, 0.25) is 15.9 Å². The maximum Gasteiger partial charge on any atom is 0.249 e. The molecular formula is C16H19ClN4O3S. The fraction of sp³-hybridized carbons (Fsp3) is 0.375. The third-order valence-electron chi connectivity index (χ3n) is 4.48. The Labute approximate surface area is 151 Å². The minimum Gasteiger partial charge on any atom is -0.357 e. The largest absolute Gasteiger partial charge is 0.357 e. The molecular weight excluding hydrogens is 364 g/mol. The topological polar surface area (TPSA) is 84.3 Å². The van der Waals surface area contributed by atoms with Crippen LogP contribution in [0.1, 0.15) is 12.8 Å². The first kappa shape index (κ1) is 17.9. The van der Waals surface area contributed by atoms with Gasteiger partial charge < -0.3 is 5.32 Å². The molecule has 0 saturated carbocycles. The van der Waals surface area contributed by atoms with Crippen molar-refractivity contribution in [1.82, 2.24) is 19.4 Å². The minimum absolute atomic E-state index is 0.0271. The molecule has 1 aliphatic heterocycles. The number of likely N-dealkylation sites (N-methyl/N-ethyl adjacent to an activating group) is 1. The molecule has 1 fully saturated rings. The average molecular weight is 383 g/mol. The third-order valence-corrected chi connectivity index (χ3v) is 6.59. The number of hydrogen-bond donors (Lipinski definition) is 1. The molecule has 1 amide bonds. The Morgan fingerprint density at radius 3 is 2.64 bits per heavy atom. The number of nitrogens with zero attached hydrogens (tertiary/aromatic N) is 3. The van der Waals surface area contributed by atoms with E-state index in [0.29, 0.717) is 24.4 Å². The molecule has 0 aliphatic carbocycles. The first-order valence-corrected chi connectivity index (χ1v) is 9.70. The van der Waals surface area contributed by atoms with Crippen LogP contribution in [-0.2, 0) is 20.4 Å². The monoisotopic (exact) mass is 382 g/mol. The number of hydrogen-bond acceptors (Lipinski definition) is 4. The van der Waals surface area contributed by atoms with E-state index < -0.39 is 15.6 Å². The van der Waals surface area contributed by atoms with Crippen molar-refractivity contribution in [2.45, 2.75) is 23.3 Å². The predicted octanol–water partition coefficient (Wildman–Crippen LogP) is 1.46. The first-order valence-electron chi connectivity index (χ1n) is 7.88. The lowest BCUT2D eigenvalue weighted by Gasteiger charge is -2.40. The summed E-state index contributed by atoms with van der Waals surface area (Å²) in [5.41, 5.74) is -1.06. The Morgan fingerprint density at radius 1 is 1.32 bits per heavy atom. The van der Waals surface area contributed by atoms with Crippen molar-refractivity contribution in [1.29, 1.82) is 0 Å². The lowest BCUT2D eigenvalue weighted by Crippen LogP contribution is -2.58. The number of benzene rings is 1. The zero-order chi connectivity index (χ0) is 18.1. The fourth-order valence-corrected chi connectivity index (χ4v) is 4.85. The summed E-state index contributed by atoms with van der Waals surface area (Å²) in [5, 5.41) is 7.31. The zero-order valence-corrected chi connectivity index (χ0v) is 15.3. The van der Waals surface area contributed by atoms with Crippen LogP contribution < -0.4 is 5.32 Å². The summed E-state index contributed by atoms with van der Waals surface area (Å²) in [6, 6.07) is 7.75. The molecule has 2 aromatic rings. The Morgan fingerprint density at radius 2 is 2.04 bits per heavy atom. The SMILES string of the molecule is CNC(=O)C1(n2cccn2)CCCN(S(=O)(=O)c2ccc(Cl)cc2)C1. The Bertz CT molecular complexity index is 852. The first-order chi connectivity index (χ1) is 11.9. The number of piperidine rings is 1. The van der Waals surface area contributed by atoms with Crippen LogP contribution >= 0.6 is 11.6 Å². The minimum atomic E-state index is -3.73. The highest BCUT2D eigenvalue weighted by Gasteiger charge is 2.47. The van der Waals surface area contributed by atoms with Gasteiger partial charge in [-0.2, -0.15) is 9.40 Å². The van der Waals surface area contributed by atoms with Crippen LogP contribution in [0.5, 0.6) is 0 Å². The standard InChI is InChI=1S/C16H19ClN4O3S/c1-18-15(22)16(21-11-3-9-19-21)8-2-10-20(12-16)25(23,24)14-6-4-13(17)5-7-14/h3-7,9,11H,2,8,10,12H2,1H3,(H,18,22). The van der Waals surface area contributed by atoms with E-state index in [9.17, 15) is 13.2 Å². The summed E-state index contributed by atoms with van der Waals surface area (Å²) in [4.78, 5) is 12.8. The van der Waals surface area contributed by atoms with Crippen molar-refractivity contribution in [3.63, 3.8) is 0 Å². The molecule has 25 heavy (non-hydrogen) atoms. The summed E-state index contributed by atoms with van der Waals surface area (Å²) < 4.78 is 28.9. The van der Waals surface area contributed by atoms with E-state index in [2.05, 4.69) is 10.4 Å². The fourth-order valence-electron chi connectivity index (χ4n) is 3.19. The second kappa shape index (κ2) is 6.78. The summed E-state index contributed by atoms with van der Waals surface area (Å²) >= 11 is 5.85. The van der Waals surface area contributed by atoms with Gasteiger partial charge in [-0.3, -0.25) is 9.48 Å². The Kier molecular flexibility index (Phi) is 4.86. The molecule has 3 rings (SSSR count). The van der Waals surface area contributed by atoms with E-state index in [1.54, 1.807) is 30.2 Å². The highest BCUT2D eigenvalue weighted by molar-refractivity contribution is 7.89. The highest BCUT2D eigenvalue weighted by Crippen LogP contribution is 2.32. The molecule has 1 aromatic heterocycles. The number of aromatic nitrogens is 2. The van der Waals surface area contributed by atoms with Crippen molar-refractivity contribution in [2.24, 2.45) is 0 Å². The predicted molar refractivity (Wildman–Crippen MR) is 93.7 cm³/mol. The van der Waals surface area contributed by atoms with Gasteiger partial charge in [0.15, 0.2) is 5.54 Å². The molecule has 1 unspecified atom stereocenters. The normalized spacial score (nSPS) is 21.8. The maximum absolute atomic E-state index is 13.0. The molecule has 0 spiro atoms. The third kappa shape index (κ3) is 3.17. The van der Waals surface area contributed by atoms with Gasteiger partial charge in [-0.15, -0.1) is 0 Å². The van der Waals surface area contributed by atoms with Gasteiger partial charge in [0.1, 0.15) is 0 Å². The van der Waals surface area contributed by atoms with Crippen molar-refractivity contribution in [2.75, 3.05) is 20.1 Å². The van der Waals surface area contributed by atoms with Gasteiger partial charge in [-0.1, -0.05) is 11.6 Å². The van der Waals surface area contributed by atoms with E-state index in [4.69, 9.17) is 11.6 Å². The molecule has 1 saturated heterocycles. The van der Waals surface area contributed by atoms with Crippen LogP contribution in [0.4, 0.5) is 0 Å². The molecule has 0 bridgehead atoms. The molecule has 1 atom stereocenters. The molecule has 7 nitrogen and oxygen atoms in total. The summed E-state index contributed by atoms with van der Waals surface area (Å²) in [7, 11) is -2.19. The van der Waals surface area contributed by atoms with E-state index >= 15 is 0 Å². The zero-order valence-electron chi connectivity index (χ0n) is 13.7. The molecule has 2 heterocycles. The quantitative estimate of drug-likeness (QED) is 0.867. The molecule has 0 radical (unpaired) electrons. The van der Waals surface area contributed by atoms with Crippen LogP contribution in [0.25, 0.3) is 0 Å². The number of rotatable bonds is 4. The lowest BCUT2D eigenvalue weighted by molar-refractivity contribution is -0.132. The number of carbonyl (C=O) groups is 1. The molecule has 134 valence electrons. The smallest absolute Gasteiger partial charge is 0.249 e. The molecule has 1 aromatic carbocycles. The van der Waals surface area contributed by atoms with E-state index in [0.717, 1.165) is 0 Å².